The van der Waals surface area contributed by atoms with Gasteiger partial charge in [0.15, 0.2) is 11.2 Å². The van der Waals surface area contributed by atoms with E-state index in [-0.39, 0.29) is 28.7 Å². The van der Waals surface area contributed by atoms with E-state index >= 15 is 0 Å². The van der Waals surface area contributed by atoms with Crippen molar-refractivity contribution in [1.29, 1.82) is 0 Å². The first kappa shape index (κ1) is 22.7. The molecule has 2 aromatic rings. The number of ether oxygens (including phenoxy) is 3. The zero-order valence-electron chi connectivity index (χ0n) is 18.7. The highest BCUT2D eigenvalue weighted by atomic mass is 16.5. The van der Waals surface area contributed by atoms with Gasteiger partial charge in [-0.05, 0) is 37.0 Å². The molecular weight excluding hydrogens is 398 g/mol. The molecule has 166 valence electrons. The molecule has 1 atom stereocenters. The second-order valence-corrected chi connectivity index (χ2v) is 8.11. The Morgan fingerprint density at radius 2 is 1.87 bits per heavy atom. The molecule has 1 aromatic heterocycles. The van der Waals surface area contributed by atoms with Crippen molar-refractivity contribution in [3.05, 3.63) is 51.3 Å². The third-order valence-electron chi connectivity index (χ3n) is 5.65. The van der Waals surface area contributed by atoms with Crippen molar-refractivity contribution in [1.82, 2.24) is 4.57 Å². The van der Waals surface area contributed by atoms with Crippen molar-refractivity contribution < 1.29 is 23.8 Å². The standard InChI is InChI=1S/C24H29NO6/c1-14(2)20-9-16-10-23(31-8-6-7-29-4)18(24(28)30-5)11-17(16)21-12-22(27)19(15(3)26)13-25(20)21/h10-14,20H,6-9H2,1-5H3. The van der Waals surface area contributed by atoms with Gasteiger partial charge in [-0.25, -0.2) is 4.79 Å². The Bertz CT molecular complexity index is 1050. The van der Waals surface area contributed by atoms with Crippen molar-refractivity contribution in [3.8, 4) is 17.0 Å². The van der Waals surface area contributed by atoms with Crippen molar-refractivity contribution >= 4 is 11.8 Å². The van der Waals surface area contributed by atoms with Gasteiger partial charge in [0.2, 0.25) is 0 Å². The van der Waals surface area contributed by atoms with E-state index in [9.17, 15) is 14.4 Å². The number of fused-ring (bicyclic) bond motifs is 3. The molecule has 1 unspecified atom stereocenters. The number of ketones is 1. The highest BCUT2D eigenvalue weighted by Crippen LogP contribution is 2.40. The van der Waals surface area contributed by atoms with Crippen LogP contribution in [-0.2, 0) is 15.9 Å². The number of esters is 1. The van der Waals surface area contributed by atoms with E-state index in [1.54, 1.807) is 19.4 Å². The van der Waals surface area contributed by atoms with Crippen molar-refractivity contribution in [2.24, 2.45) is 5.92 Å². The maximum Gasteiger partial charge on any atom is 0.341 e. The second kappa shape index (κ2) is 9.47. The molecular formula is C24H29NO6. The number of hydrogen-bond acceptors (Lipinski definition) is 6. The summed E-state index contributed by atoms with van der Waals surface area (Å²) in [6, 6.07) is 5.15. The molecule has 0 spiro atoms. The Hall–Kier alpha value is -2.93. The molecule has 7 heteroatoms. The number of nitrogens with zero attached hydrogens (tertiary/aromatic N) is 1. The second-order valence-electron chi connectivity index (χ2n) is 8.11. The average molecular weight is 427 g/mol. The van der Waals surface area contributed by atoms with Gasteiger partial charge in [-0.3, -0.25) is 9.59 Å². The predicted octanol–water partition coefficient (Wildman–Crippen LogP) is 3.67. The maximum absolute atomic E-state index is 12.6. The minimum atomic E-state index is -0.509. The summed E-state index contributed by atoms with van der Waals surface area (Å²) in [6.07, 6.45) is 3.03. The van der Waals surface area contributed by atoms with Crippen molar-refractivity contribution in [3.63, 3.8) is 0 Å². The van der Waals surface area contributed by atoms with E-state index < -0.39 is 5.97 Å². The van der Waals surface area contributed by atoms with E-state index in [0.717, 1.165) is 11.1 Å². The fourth-order valence-corrected chi connectivity index (χ4v) is 3.99. The number of carbonyl (C=O) groups excluding carboxylic acids is 2. The molecule has 0 N–H and O–H groups in total. The SMILES string of the molecule is COCCCOc1cc2c(cc1C(=O)OC)-c1cc(=O)c(C(C)=O)cn1C(C(C)C)C2. The molecule has 31 heavy (non-hydrogen) atoms. The smallest absolute Gasteiger partial charge is 0.341 e. The van der Waals surface area contributed by atoms with Crippen molar-refractivity contribution in [2.45, 2.75) is 39.7 Å². The highest BCUT2D eigenvalue weighted by molar-refractivity contribution is 5.96. The lowest BCUT2D eigenvalue weighted by Crippen LogP contribution is -2.28. The molecule has 0 amide bonds. The molecule has 1 aliphatic heterocycles. The maximum atomic E-state index is 12.6. The Labute approximate surface area is 181 Å². The van der Waals surface area contributed by atoms with Gasteiger partial charge in [0.1, 0.15) is 11.3 Å². The summed E-state index contributed by atoms with van der Waals surface area (Å²) in [5.41, 5.74) is 2.59. The highest BCUT2D eigenvalue weighted by Gasteiger charge is 2.29. The van der Waals surface area contributed by atoms with Crippen LogP contribution in [0.2, 0.25) is 0 Å². The lowest BCUT2D eigenvalue weighted by molar-refractivity contribution is 0.0595. The first-order valence-corrected chi connectivity index (χ1v) is 10.4. The molecule has 7 nitrogen and oxygen atoms in total. The number of rotatable bonds is 8. The third-order valence-corrected chi connectivity index (χ3v) is 5.65. The predicted molar refractivity (Wildman–Crippen MR) is 117 cm³/mol. The molecule has 2 heterocycles. The van der Waals surface area contributed by atoms with Gasteiger partial charge in [0.05, 0.1) is 25.0 Å². The van der Waals surface area contributed by atoms with Crippen LogP contribution in [-0.4, -0.2) is 43.8 Å². The summed E-state index contributed by atoms with van der Waals surface area (Å²) in [5, 5.41) is 0. The van der Waals surface area contributed by atoms with E-state index in [0.29, 0.717) is 43.1 Å². The summed E-state index contributed by atoms with van der Waals surface area (Å²) in [5.74, 6) is -0.0469. The summed E-state index contributed by atoms with van der Waals surface area (Å²) in [6.45, 7) is 6.57. The molecule has 1 aliphatic rings. The van der Waals surface area contributed by atoms with Crippen LogP contribution >= 0.6 is 0 Å². The van der Waals surface area contributed by atoms with Crippen LogP contribution < -0.4 is 10.2 Å². The van der Waals surface area contributed by atoms with Gasteiger partial charge in [-0.2, -0.15) is 0 Å². The Balaban J connectivity index is 2.17. The third kappa shape index (κ3) is 4.56. The lowest BCUT2D eigenvalue weighted by atomic mass is 9.86. The molecule has 0 bridgehead atoms. The van der Waals surface area contributed by atoms with E-state index in [2.05, 4.69) is 13.8 Å². The zero-order valence-corrected chi connectivity index (χ0v) is 18.7. The summed E-state index contributed by atoms with van der Waals surface area (Å²) < 4.78 is 17.9. The fraction of sp³-hybridized carbons (Fsp3) is 0.458. The van der Waals surface area contributed by atoms with Gasteiger partial charge in [0.25, 0.3) is 0 Å². The number of pyridine rings is 1. The van der Waals surface area contributed by atoms with E-state index in [1.165, 1.54) is 20.1 Å². The largest absolute Gasteiger partial charge is 0.493 e. The van der Waals surface area contributed by atoms with Crippen LogP contribution in [0.4, 0.5) is 0 Å². The first-order chi connectivity index (χ1) is 14.8. The van der Waals surface area contributed by atoms with Gasteiger partial charge in [-0.15, -0.1) is 0 Å². The minimum Gasteiger partial charge on any atom is -0.493 e. The Morgan fingerprint density at radius 1 is 1.13 bits per heavy atom. The van der Waals surface area contributed by atoms with Crippen LogP contribution in [0.25, 0.3) is 11.3 Å². The molecule has 0 aliphatic carbocycles. The van der Waals surface area contributed by atoms with Crippen LogP contribution in [0, 0.1) is 5.92 Å². The van der Waals surface area contributed by atoms with Crippen LogP contribution in [0.3, 0.4) is 0 Å². The molecule has 1 aromatic carbocycles. The molecule has 0 radical (unpaired) electrons. The molecule has 0 saturated heterocycles. The fourth-order valence-electron chi connectivity index (χ4n) is 3.99. The van der Waals surface area contributed by atoms with Crippen LogP contribution in [0.1, 0.15) is 59.5 Å². The Morgan fingerprint density at radius 3 is 2.48 bits per heavy atom. The number of carbonyl (C=O) groups is 2. The first-order valence-electron chi connectivity index (χ1n) is 10.4. The summed E-state index contributed by atoms with van der Waals surface area (Å²) in [7, 11) is 2.95. The number of Topliss-reactive ketones (excluding diaryl/α,β-unsaturated/α-hetero) is 1. The van der Waals surface area contributed by atoms with Crippen LogP contribution in [0.15, 0.2) is 29.2 Å². The topological polar surface area (TPSA) is 83.8 Å². The summed E-state index contributed by atoms with van der Waals surface area (Å²) in [4.78, 5) is 37.0. The monoisotopic (exact) mass is 427 g/mol. The van der Waals surface area contributed by atoms with Gasteiger partial charge >= 0.3 is 5.97 Å². The average Bonchev–Trinajstić information content (AvgIpc) is 2.74. The molecule has 0 saturated carbocycles. The van der Waals surface area contributed by atoms with E-state index in [1.807, 2.05) is 10.6 Å². The van der Waals surface area contributed by atoms with Gasteiger partial charge in [0, 0.05) is 44.0 Å². The summed E-state index contributed by atoms with van der Waals surface area (Å²) >= 11 is 0. The quantitative estimate of drug-likeness (QED) is 0.363. The Kier molecular flexibility index (Phi) is 6.95. The number of hydrogen-bond donors (Lipinski definition) is 0. The van der Waals surface area contributed by atoms with Crippen LogP contribution in [0.5, 0.6) is 5.75 Å². The van der Waals surface area contributed by atoms with Crippen molar-refractivity contribution in [2.75, 3.05) is 27.4 Å². The number of aromatic nitrogens is 1. The zero-order chi connectivity index (χ0) is 22.7. The normalized spacial score (nSPS) is 14.7. The molecule has 0 fully saturated rings. The van der Waals surface area contributed by atoms with Gasteiger partial charge < -0.3 is 18.8 Å². The minimum absolute atomic E-state index is 0.0616. The lowest BCUT2D eigenvalue weighted by Gasteiger charge is -2.34. The van der Waals surface area contributed by atoms with E-state index in [4.69, 9.17) is 14.2 Å². The number of benzene rings is 1. The number of methoxy groups -OCH3 is 2. The van der Waals surface area contributed by atoms with Gasteiger partial charge in [-0.1, -0.05) is 13.8 Å². The molecule has 3 rings (SSSR count).